The highest BCUT2D eigenvalue weighted by atomic mass is 16.3. The van der Waals surface area contributed by atoms with Crippen LogP contribution in [0.2, 0.25) is 0 Å². The van der Waals surface area contributed by atoms with Crippen LogP contribution in [0, 0.1) is 6.92 Å². The Hall–Kier alpha value is -1.25. The van der Waals surface area contributed by atoms with E-state index in [9.17, 15) is 0 Å². The lowest BCUT2D eigenvalue weighted by molar-refractivity contribution is -0.106. The molecule has 1 aromatic heterocycles. The molecule has 0 aliphatic rings. The number of aryl methyl sites for hydroxylation is 2. The van der Waals surface area contributed by atoms with Gasteiger partial charge in [-0.2, -0.15) is 0 Å². The Balaban J connectivity index is 0.000000292. The molecule has 0 fully saturated rings. The van der Waals surface area contributed by atoms with Crippen LogP contribution in [0.25, 0.3) is 0 Å². The second-order valence-electron chi connectivity index (χ2n) is 2.06. The highest BCUT2D eigenvalue weighted by molar-refractivity contribution is 5.42. The molecule has 1 aromatic rings. The fourth-order valence-corrected chi connectivity index (χ4v) is 0.683. The van der Waals surface area contributed by atoms with E-state index in [0.29, 0.717) is 0 Å². The molecule has 0 spiro atoms. The van der Waals surface area contributed by atoms with E-state index in [1.54, 1.807) is 6.26 Å². The number of primary amides is 1. The van der Waals surface area contributed by atoms with E-state index in [2.05, 4.69) is 18.7 Å². The van der Waals surface area contributed by atoms with Crippen molar-refractivity contribution in [3.05, 3.63) is 23.7 Å². The fourth-order valence-electron chi connectivity index (χ4n) is 0.683. The summed E-state index contributed by atoms with van der Waals surface area (Å²) in [6, 6.07) is 2.06. The fraction of sp³-hybridized carbons (Fsp3) is 0.375. The third kappa shape index (κ3) is 4.19. The van der Waals surface area contributed by atoms with E-state index >= 15 is 0 Å². The molecule has 1 heterocycles. The third-order valence-corrected chi connectivity index (χ3v) is 1.19. The van der Waals surface area contributed by atoms with E-state index < -0.39 is 0 Å². The smallest absolute Gasteiger partial charge is 0.204 e. The summed E-state index contributed by atoms with van der Waals surface area (Å²) < 4.78 is 5.06. The van der Waals surface area contributed by atoms with Crippen LogP contribution >= 0.6 is 0 Å². The van der Waals surface area contributed by atoms with Crippen molar-refractivity contribution >= 4 is 6.41 Å². The van der Waals surface area contributed by atoms with E-state index in [4.69, 9.17) is 9.21 Å². The quantitative estimate of drug-likeness (QED) is 0.620. The molecular weight excluding hydrogens is 142 g/mol. The summed E-state index contributed by atoms with van der Waals surface area (Å²) in [4.78, 5) is 8.58. The van der Waals surface area contributed by atoms with Gasteiger partial charge in [-0.25, -0.2) is 0 Å². The third-order valence-electron chi connectivity index (χ3n) is 1.19. The summed E-state index contributed by atoms with van der Waals surface area (Å²) in [5, 5.41) is 0. The molecule has 3 nitrogen and oxygen atoms in total. The topological polar surface area (TPSA) is 56.2 Å². The first kappa shape index (κ1) is 9.75. The highest BCUT2D eigenvalue weighted by Crippen LogP contribution is 2.05. The van der Waals surface area contributed by atoms with Crippen molar-refractivity contribution in [1.29, 1.82) is 0 Å². The molecule has 0 radical (unpaired) electrons. The summed E-state index contributed by atoms with van der Waals surface area (Å²) >= 11 is 0. The Morgan fingerprint density at radius 1 is 1.73 bits per heavy atom. The molecule has 0 saturated carbocycles. The molecular formula is C8H13NO2. The van der Waals surface area contributed by atoms with Crippen LogP contribution in [-0.4, -0.2) is 6.41 Å². The highest BCUT2D eigenvalue weighted by Gasteiger charge is 1.90. The van der Waals surface area contributed by atoms with Gasteiger partial charge in [0.2, 0.25) is 6.41 Å². The molecule has 1 rings (SSSR count). The molecule has 0 aliphatic carbocycles. The summed E-state index contributed by atoms with van der Waals surface area (Å²) in [5.41, 5.74) is 5.45. The molecule has 2 N–H and O–H groups in total. The van der Waals surface area contributed by atoms with Crippen LogP contribution in [0.15, 0.2) is 16.7 Å². The van der Waals surface area contributed by atoms with Gasteiger partial charge >= 0.3 is 0 Å². The van der Waals surface area contributed by atoms with E-state index in [0.717, 1.165) is 12.2 Å². The second-order valence-corrected chi connectivity index (χ2v) is 2.06. The minimum atomic E-state index is 0.250. The molecule has 0 unspecified atom stereocenters. The van der Waals surface area contributed by atoms with E-state index in [1.807, 2.05) is 6.92 Å². The van der Waals surface area contributed by atoms with E-state index in [-0.39, 0.29) is 6.41 Å². The van der Waals surface area contributed by atoms with Crippen LogP contribution < -0.4 is 5.73 Å². The number of hydrogen-bond acceptors (Lipinski definition) is 2. The number of carbonyl (C=O) groups excluding carboxylic acids is 1. The van der Waals surface area contributed by atoms with Gasteiger partial charge in [0, 0.05) is 0 Å². The summed E-state index contributed by atoms with van der Waals surface area (Å²) in [6.07, 6.45) is 3.12. The van der Waals surface area contributed by atoms with Crippen LogP contribution in [0.1, 0.15) is 18.2 Å². The molecule has 62 valence electrons. The summed E-state index contributed by atoms with van der Waals surface area (Å²) in [6.45, 7) is 4.07. The monoisotopic (exact) mass is 155 g/mol. The van der Waals surface area contributed by atoms with Crippen LogP contribution in [-0.2, 0) is 11.2 Å². The van der Waals surface area contributed by atoms with Crippen LogP contribution in [0.4, 0.5) is 0 Å². The Labute approximate surface area is 66.2 Å². The van der Waals surface area contributed by atoms with Gasteiger partial charge in [0.1, 0.15) is 5.76 Å². The molecule has 1 amide bonds. The zero-order chi connectivity index (χ0) is 8.69. The molecule has 0 atom stereocenters. The predicted molar refractivity (Wildman–Crippen MR) is 43.1 cm³/mol. The van der Waals surface area contributed by atoms with Gasteiger partial charge in [-0.15, -0.1) is 0 Å². The van der Waals surface area contributed by atoms with Crippen molar-refractivity contribution in [3.8, 4) is 0 Å². The van der Waals surface area contributed by atoms with Crippen molar-refractivity contribution in [2.24, 2.45) is 5.73 Å². The number of carbonyl (C=O) groups is 1. The average Bonchev–Trinajstić information content (AvgIpc) is 2.37. The first-order chi connectivity index (χ1) is 5.24. The van der Waals surface area contributed by atoms with Crippen molar-refractivity contribution in [2.45, 2.75) is 20.3 Å². The molecule has 0 aliphatic heterocycles. The van der Waals surface area contributed by atoms with Gasteiger partial charge < -0.3 is 10.2 Å². The molecule has 3 heteroatoms. The Bertz CT molecular complexity index is 206. The first-order valence-corrected chi connectivity index (χ1v) is 3.44. The first-order valence-electron chi connectivity index (χ1n) is 3.44. The van der Waals surface area contributed by atoms with Crippen molar-refractivity contribution < 1.29 is 9.21 Å². The number of furan rings is 1. The van der Waals surface area contributed by atoms with Crippen LogP contribution in [0.5, 0.6) is 0 Å². The van der Waals surface area contributed by atoms with Gasteiger partial charge in [-0.05, 0) is 25.0 Å². The van der Waals surface area contributed by atoms with Gasteiger partial charge in [0.15, 0.2) is 0 Å². The largest absolute Gasteiger partial charge is 0.469 e. The zero-order valence-electron chi connectivity index (χ0n) is 6.83. The zero-order valence-corrected chi connectivity index (χ0v) is 6.83. The SMILES string of the molecule is CCc1coc(C)c1.NC=O. The van der Waals surface area contributed by atoms with Gasteiger partial charge in [0.05, 0.1) is 6.26 Å². The minimum absolute atomic E-state index is 0.250. The number of rotatable bonds is 1. The summed E-state index contributed by atoms with van der Waals surface area (Å²) in [5.74, 6) is 1.00. The van der Waals surface area contributed by atoms with Crippen LogP contribution in [0.3, 0.4) is 0 Å². The molecule has 0 aromatic carbocycles. The van der Waals surface area contributed by atoms with Gasteiger partial charge in [-0.1, -0.05) is 6.92 Å². The Kier molecular flexibility index (Phi) is 4.90. The number of nitrogens with two attached hydrogens (primary N) is 1. The second kappa shape index (κ2) is 5.53. The van der Waals surface area contributed by atoms with Gasteiger partial charge in [0.25, 0.3) is 0 Å². The standard InChI is InChI=1S/C7H10O.CH3NO/c1-3-7-4-6(2)8-5-7;2-1-3/h4-5H,3H2,1-2H3;1H,(H2,2,3). The lowest BCUT2D eigenvalue weighted by Gasteiger charge is -1.77. The van der Waals surface area contributed by atoms with Crippen molar-refractivity contribution in [1.82, 2.24) is 0 Å². The van der Waals surface area contributed by atoms with Crippen molar-refractivity contribution in [2.75, 3.05) is 0 Å². The number of amides is 1. The molecule has 0 bridgehead atoms. The predicted octanol–water partition coefficient (Wildman–Crippen LogP) is 1.25. The maximum Gasteiger partial charge on any atom is 0.204 e. The minimum Gasteiger partial charge on any atom is -0.469 e. The maximum atomic E-state index is 8.58. The Morgan fingerprint density at radius 2 is 2.27 bits per heavy atom. The molecule has 0 saturated heterocycles. The van der Waals surface area contributed by atoms with Gasteiger partial charge in [-0.3, -0.25) is 4.79 Å². The normalized spacial score (nSPS) is 8.18. The van der Waals surface area contributed by atoms with E-state index in [1.165, 1.54) is 5.56 Å². The maximum absolute atomic E-state index is 8.58. The van der Waals surface area contributed by atoms with Crippen molar-refractivity contribution in [3.63, 3.8) is 0 Å². The molecule has 11 heavy (non-hydrogen) atoms. The lowest BCUT2D eigenvalue weighted by Crippen LogP contribution is -1.82. The average molecular weight is 155 g/mol. The Morgan fingerprint density at radius 3 is 2.45 bits per heavy atom. The summed E-state index contributed by atoms with van der Waals surface area (Å²) in [7, 11) is 0. The number of hydrogen-bond donors (Lipinski definition) is 1. The lowest BCUT2D eigenvalue weighted by atomic mass is 10.2.